The fourth-order valence-electron chi connectivity index (χ4n) is 3.73. The molecular formula is C25H28O3. The molecule has 0 unspecified atom stereocenters. The summed E-state index contributed by atoms with van der Waals surface area (Å²) in [5.74, 6) is 1.63. The normalized spacial score (nSPS) is 11.4. The first kappa shape index (κ1) is 20.0. The van der Waals surface area contributed by atoms with E-state index in [1.807, 2.05) is 62.4 Å². The smallest absolute Gasteiger partial charge is 0.121 e. The van der Waals surface area contributed by atoms with E-state index in [0.717, 1.165) is 44.9 Å². The highest BCUT2D eigenvalue weighted by Crippen LogP contribution is 2.37. The van der Waals surface area contributed by atoms with Crippen molar-refractivity contribution in [1.82, 2.24) is 0 Å². The van der Waals surface area contributed by atoms with Gasteiger partial charge in [0, 0.05) is 6.42 Å². The molecule has 1 N–H and O–H groups in total. The molecule has 0 saturated carbocycles. The van der Waals surface area contributed by atoms with E-state index in [-0.39, 0.29) is 0 Å². The first-order chi connectivity index (χ1) is 13.4. The maximum Gasteiger partial charge on any atom is 0.121 e. The molecule has 0 bridgehead atoms. The fourth-order valence-corrected chi connectivity index (χ4v) is 3.73. The van der Waals surface area contributed by atoms with Crippen LogP contribution in [0.3, 0.4) is 0 Å². The van der Waals surface area contributed by atoms with Crippen LogP contribution in [0.1, 0.15) is 33.4 Å². The van der Waals surface area contributed by atoms with Gasteiger partial charge in [-0.15, -0.1) is 0 Å². The minimum atomic E-state index is -1.17. The Morgan fingerprint density at radius 2 is 1.21 bits per heavy atom. The van der Waals surface area contributed by atoms with Gasteiger partial charge in [-0.2, -0.15) is 0 Å². The first-order valence-electron chi connectivity index (χ1n) is 9.46. The van der Waals surface area contributed by atoms with Gasteiger partial charge in [0.2, 0.25) is 0 Å². The number of benzene rings is 3. The highest BCUT2D eigenvalue weighted by atomic mass is 16.5. The molecule has 0 aliphatic heterocycles. The summed E-state index contributed by atoms with van der Waals surface area (Å²) in [6, 6.07) is 19.9. The predicted octanol–water partition coefficient (Wildman–Crippen LogP) is 5.11. The lowest BCUT2D eigenvalue weighted by molar-refractivity contribution is 0.0807. The number of ether oxygens (including phenoxy) is 2. The summed E-state index contributed by atoms with van der Waals surface area (Å²) in [6.45, 7) is 6.07. The molecule has 3 aromatic rings. The van der Waals surface area contributed by atoms with Crippen LogP contribution >= 0.6 is 0 Å². The van der Waals surface area contributed by atoms with Crippen molar-refractivity contribution in [3.63, 3.8) is 0 Å². The molecule has 0 atom stereocenters. The Morgan fingerprint density at radius 3 is 1.64 bits per heavy atom. The van der Waals surface area contributed by atoms with Gasteiger partial charge >= 0.3 is 0 Å². The van der Waals surface area contributed by atoms with Gasteiger partial charge in [-0.1, -0.05) is 36.4 Å². The van der Waals surface area contributed by atoms with E-state index >= 15 is 0 Å². The van der Waals surface area contributed by atoms with Gasteiger partial charge in [-0.3, -0.25) is 0 Å². The molecule has 0 aliphatic carbocycles. The molecule has 3 nitrogen and oxygen atoms in total. The van der Waals surface area contributed by atoms with Crippen molar-refractivity contribution in [2.24, 2.45) is 0 Å². The Labute approximate surface area is 167 Å². The van der Waals surface area contributed by atoms with Crippen molar-refractivity contribution < 1.29 is 14.6 Å². The van der Waals surface area contributed by atoms with Gasteiger partial charge in [0.25, 0.3) is 0 Å². The lowest BCUT2D eigenvalue weighted by atomic mass is 9.79. The molecule has 0 aromatic heterocycles. The van der Waals surface area contributed by atoms with E-state index in [2.05, 4.69) is 19.1 Å². The quantitative estimate of drug-likeness (QED) is 0.650. The molecule has 0 spiro atoms. The zero-order chi connectivity index (χ0) is 20.3. The van der Waals surface area contributed by atoms with Crippen molar-refractivity contribution in [3.8, 4) is 11.5 Å². The minimum Gasteiger partial charge on any atom is -0.496 e. The van der Waals surface area contributed by atoms with E-state index in [0.29, 0.717) is 6.42 Å². The highest BCUT2D eigenvalue weighted by molar-refractivity contribution is 5.47. The second kappa shape index (κ2) is 8.07. The summed E-state index contributed by atoms with van der Waals surface area (Å²) in [7, 11) is 3.32. The average molecular weight is 376 g/mol. The molecule has 28 heavy (non-hydrogen) atoms. The number of aliphatic hydroxyl groups is 1. The largest absolute Gasteiger partial charge is 0.496 e. The standard InChI is InChI=1S/C25H28O3/c1-17-8-6-7-9-20(17)16-25(26,21-10-12-23(27-4)18(2)14-21)22-11-13-24(28-5)19(3)15-22/h6-15,26H,16H2,1-5H3. The lowest BCUT2D eigenvalue weighted by Crippen LogP contribution is -2.30. The summed E-state index contributed by atoms with van der Waals surface area (Å²) >= 11 is 0. The van der Waals surface area contributed by atoms with E-state index in [1.54, 1.807) is 14.2 Å². The Balaban J connectivity index is 2.17. The summed E-state index contributed by atoms with van der Waals surface area (Å²) in [5, 5.41) is 12.0. The van der Waals surface area contributed by atoms with Crippen LogP contribution in [0.2, 0.25) is 0 Å². The number of methoxy groups -OCH3 is 2. The third-order valence-electron chi connectivity index (χ3n) is 5.45. The molecule has 0 amide bonds. The summed E-state index contributed by atoms with van der Waals surface area (Å²) in [5.41, 5.74) is 4.79. The van der Waals surface area contributed by atoms with Crippen LogP contribution in [-0.4, -0.2) is 19.3 Å². The van der Waals surface area contributed by atoms with Crippen LogP contribution in [-0.2, 0) is 12.0 Å². The molecule has 0 fully saturated rings. The van der Waals surface area contributed by atoms with Crippen LogP contribution < -0.4 is 9.47 Å². The monoisotopic (exact) mass is 376 g/mol. The molecule has 0 saturated heterocycles. The van der Waals surface area contributed by atoms with Gasteiger partial charge < -0.3 is 14.6 Å². The van der Waals surface area contributed by atoms with Crippen LogP contribution in [0, 0.1) is 20.8 Å². The lowest BCUT2D eigenvalue weighted by Gasteiger charge is -2.31. The second-order valence-electron chi connectivity index (χ2n) is 7.33. The highest BCUT2D eigenvalue weighted by Gasteiger charge is 2.33. The number of aryl methyl sites for hydroxylation is 3. The third kappa shape index (κ3) is 3.76. The van der Waals surface area contributed by atoms with Gasteiger partial charge in [0.1, 0.15) is 17.1 Å². The first-order valence-corrected chi connectivity index (χ1v) is 9.46. The number of hydrogen-bond acceptors (Lipinski definition) is 3. The second-order valence-corrected chi connectivity index (χ2v) is 7.33. The molecule has 0 aliphatic rings. The molecule has 0 radical (unpaired) electrons. The van der Waals surface area contributed by atoms with Crippen LogP contribution in [0.5, 0.6) is 11.5 Å². The van der Waals surface area contributed by atoms with E-state index in [1.165, 1.54) is 0 Å². The number of hydrogen-bond donors (Lipinski definition) is 1. The Hall–Kier alpha value is -2.78. The Morgan fingerprint density at radius 1 is 0.714 bits per heavy atom. The molecule has 3 rings (SSSR count). The zero-order valence-electron chi connectivity index (χ0n) is 17.2. The zero-order valence-corrected chi connectivity index (χ0v) is 17.2. The summed E-state index contributed by atoms with van der Waals surface area (Å²) < 4.78 is 10.8. The van der Waals surface area contributed by atoms with Crippen molar-refractivity contribution in [3.05, 3.63) is 94.0 Å². The summed E-state index contributed by atoms with van der Waals surface area (Å²) in [6.07, 6.45) is 0.483. The number of rotatable bonds is 6. The Bertz CT molecular complexity index is 922. The molecular weight excluding hydrogens is 348 g/mol. The minimum absolute atomic E-state index is 0.483. The van der Waals surface area contributed by atoms with Crippen LogP contribution in [0.4, 0.5) is 0 Å². The molecule has 0 heterocycles. The van der Waals surface area contributed by atoms with Crippen LogP contribution in [0.25, 0.3) is 0 Å². The average Bonchev–Trinajstić information content (AvgIpc) is 2.69. The maximum atomic E-state index is 12.0. The van der Waals surface area contributed by atoms with Crippen molar-refractivity contribution >= 4 is 0 Å². The van der Waals surface area contributed by atoms with Gasteiger partial charge in [-0.25, -0.2) is 0 Å². The van der Waals surface area contributed by atoms with Gasteiger partial charge in [0.05, 0.1) is 14.2 Å². The van der Waals surface area contributed by atoms with Crippen molar-refractivity contribution in [1.29, 1.82) is 0 Å². The summed E-state index contributed by atoms with van der Waals surface area (Å²) in [4.78, 5) is 0. The van der Waals surface area contributed by atoms with E-state index in [4.69, 9.17) is 9.47 Å². The molecule has 146 valence electrons. The van der Waals surface area contributed by atoms with Gasteiger partial charge in [-0.05, 0) is 78.4 Å². The molecule has 3 aromatic carbocycles. The van der Waals surface area contributed by atoms with E-state index in [9.17, 15) is 5.11 Å². The maximum absolute atomic E-state index is 12.0. The predicted molar refractivity (Wildman–Crippen MR) is 113 cm³/mol. The third-order valence-corrected chi connectivity index (χ3v) is 5.45. The van der Waals surface area contributed by atoms with Gasteiger partial charge in [0.15, 0.2) is 0 Å². The van der Waals surface area contributed by atoms with Crippen molar-refractivity contribution in [2.45, 2.75) is 32.8 Å². The molecule has 3 heteroatoms. The fraction of sp³-hybridized carbons (Fsp3) is 0.280. The van der Waals surface area contributed by atoms with E-state index < -0.39 is 5.60 Å². The Kier molecular flexibility index (Phi) is 5.76. The SMILES string of the molecule is COc1ccc(C(O)(Cc2ccccc2C)c2ccc(OC)c(C)c2)cc1C. The van der Waals surface area contributed by atoms with Crippen LogP contribution in [0.15, 0.2) is 60.7 Å². The van der Waals surface area contributed by atoms with Crippen molar-refractivity contribution in [2.75, 3.05) is 14.2 Å². The topological polar surface area (TPSA) is 38.7 Å².